The van der Waals surface area contributed by atoms with Crippen molar-refractivity contribution in [2.75, 3.05) is 11.5 Å². The number of nitrogens with zero attached hydrogens (tertiary/aromatic N) is 5. The predicted octanol–water partition coefficient (Wildman–Crippen LogP) is 2.03. The highest BCUT2D eigenvalue weighted by Crippen LogP contribution is 2.29. The van der Waals surface area contributed by atoms with Gasteiger partial charge in [-0.2, -0.15) is 4.98 Å². The molecule has 26 heavy (non-hydrogen) atoms. The van der Waals surface area contributed by atoms with E-state index in [-0.39, 0.29) is 11.8 Å². The van der Waals surface area contributed by atoms with Crippen LogP contribution in [0.15, 0.2) is 48.9 Å². The number of anilines is 2. The summed E-state index contributed by atoms with van der Waals surface area (Å²) < 4.78 is 1.74. The van der Waals surface area contributed by atoms with Gasteiger partial charge < -0.3 is 11.5 Å². The average Bonchev–Trinajstić information content (AvgIpc) is 3.12. The second-order valence-corrected chi connectivity index (χ2v) is 5.70. The molecule has 0 bridgehead atoms. The molecule has 1 aromatic carbocycles. The van der Waals surface area contributed by atoms with E-state index in [1.807, 2.05) is 43.3 Å². The number of nitrogen functional groups attached to an aromatic ring is 2. The summed E-state index contributed by atoms with van der Waals surface area (Å²) in [6.45, 7) is 1.98. The van der Waals surface area contributed by atoms with E-state index >= 15 is 0 Å². The van der Waals surface area contributed by atoms with Gasteiger partial charge in [-0.05, 0) is 48.7 Å². The quantitative estimate of drug-likeness (QED) is 0.513. The lowest BCUT2D eigenvalue weighted by Gasteiger charge is -2.16. The van der Waals surface area contributed by atoms with E-state index < -0.39 is 0 Å². The minimum atomic E-state index is 0.255. The Morgan fingerprint density at radius 1 is 1.00 bits per heavy atom. The Morgan fingerprint density at radius 2 is 1.88 bits per heavy atom. The summed E-state index contributed by atoms with van der Waals surface area (Å²) >= 11 is 0. The number of hydrogen-bond acceptors (Lipinski definition) is 6. The molecular formula is C19H15N7. The van der Waals surface area contributed by atoms with Crippen LogP contribution >= 0.6 is 0 Å². The monoisotopic (exact) mass is 341 g/mol. The summed E-state index contributed by atoms with van der Waals surface area (Å²) in [6.07, 6.45) is 3.17. The molecule has 2 aliphatic rings. The van der Waals surface area contributed by atoms with E-state index in [1.54, 1.807) is 10.8 Å². The number of nitrogens with two attached hydrogens (primary N) is 2. The van der Waals surface area contributed by atoms with E-state index in [2.05, 4.69) is 31.8 Å². The average molecular weight is 341 g/mol. The molecular weight excluding hydrogens is 326 g/mol. The molecule has 0 unspecified atom stereocenters. The smallest absolute Gasteiger partial charge is 0.208 e. The molecule has 0 radical (unpaired) electrons. The SMILES string of the molecule is Cc1cc(C#Cc2ccccn2)ccc1-n1c(N)nc(N)c2ncnc1-2. The molecule has 0 aliphatic carbocycles. The fourth-order valence-electron chi connectivity index (χ4n) is 2.73. The first-order valence-corrected chi connectivity index (χ1v) is 7.92. The van der Waals surface area contributed by atoms with Crippen molar-refractivity contribution in [1.29, 1.82) is 0 Å². The van der Waals surface area contributed by atoms with E-state index in [4.69, 9.17) is 11.5 Å². The van der Waals surface area contributed by atoms with Gasteiger partial charge in [-0.15, -0.1) is 0 Å². The number of imidazole rings is 1. The summed E-state index contributed by atoms with van der Waals surface area (Å²) in [6, 6.07) is 11.5. The largest absolute Gasteiger partial charge is 0.382 e. The number of hydrogen-bond donors (Lipinski definition) is 2. The fraction of sp³-hybridized carbons (Fsp3) is 0.0526. The van der Waals surface area contributed by atoms with Gasteiger partial charge in [0.05, 0.1) is 5.69 Å². The number of fused-ring (bicyclic) bond motifs is 1. The fourth-order valence-corrected chi connectivity index (χ4v) is 2.73. The Hall–Kier alpha value is -3.92. The Labute approximate surface area is 150 Å². The van der Waals surface area contributed by atoms with Gasteiger partial charge in [-0.25, -0.2) is 15.0 Å². The predicted molar refractivity (Wildman–Crippen MR) is 99.6 cm³/mol. The Bertz CT molecular complexity index is 1120. The number of aryl methyl sites for hydroxylation is 1. The maximum absolute atomic E-state index is 6.09. The zero-order valence-corrected chi connectivity index (χ0v) is 14.0. The minimum Gasteiger partial charge on any atom is -0.382 e. The second-order valence-electron chi connectivity index (χ2n) is 5.70. The van der Waals surface area contributed by atoms with Crippen molar-refractivity contribution in [3.05, 3.63) is 65.7 Å². The second kappa shape index (κ2) is 6.18. The normalized spacial score (nSPS) is 10.5. The van der Waals surface area contributed by atoms with Gasteiger partial charge in [0.15, 0.2) is 17.3 Å². The summed E-state index contributed by atoms with van der Waals surface area (Å²) in [4.78, 5) is 16.8. The number of pyridine rings is 1. The third-order valence-corrected chi connectivity index (χ3v) is 3.93. The van der Waals surface area contributed by atoms with E-state index in [1.165, 1.54) is 6.33 Å². The third-order valence-electron chi connectivity index (χ3n) is 3.93. The van der Waals surface area contributed by atoms with Crippen molar-refractivity contribution in [2.24, 2.45) is 0 Å². The van der Waals surface area contributed by atoms with Gasteiger partial charge in [0, 0.05) is 11.8 Å². The van der Waals surface area contributed by atoms with Crippen LogP contribution in [0.2, 0.25) is 0 Å². The molecule has 4 rings (SSSR count). The molecule has 0 fully saturated rings. The maximum atomic E-state index is 6.09. The molecule has 0 atom stereocenters. The van der Waals surface area contributed by atoms with Gasteiger partial charge in [0.2, 0.25) is 5.95 Å². The first-order chi connectivity index (χ1) is 12.6. The lowest BCUT2D eigenvalue weighted by atomic mass is 10.1. The molecule has 1 aromatic heterocycles. The van der Waals surface area contributed by atoms with Crippen molar-refractivity contribution in [1.82, 2.24) is 24.5 Å². The third kappa shape index (κ3) is 2.70. The molecule has 126 valence electrons. The number of aromatic nitrogens is 5. The summed E-state index contributed by atoms with van der Waals surface area (Å²) in [7, 11) is 0. The molecule has 2 aliphatic heterocycles. The van der Waals surface area contributed by atoms with Gasteiger partial charge in [-0.3, -0.25) is 4.57 Å². The summed E-state index contributed by atoms with van der Waals surface area (Å²) in [5.41, 5.74) is 15.9. The van der Waals surface area contributed by atoms with Crippen molar-refractivity contribution in [3.63, 3.8) is 0 Å². The molecule has 4 N–H and O–H groups in total. The summed E-state index contributed by atoms with van der Waals surface area (Å²) in [5.74, 6) is 7.26. The zero-order valence-electron chi connectivity index (χ0n) is 14.0. The molecule has 7 heteroatoms. The van der Waals surface area contributed by atoms with Crippen molar-refractivity contribution < 1.29 is 0 Å². The van der Waals surface area contributed by atoms with Gasteiger partial charge in [0.25, 0.3) is 0 Å². The van der Waals surface area contributed by atoms with Crippen LogP contribution in [0.1, 0.15) is 16.8 Å². The highest BCUT2D eigenvalue weighted by atomic mass is 15.2. The van der Waals surface area contributed by atoms with Crippen LogP contribution in [-0.2, 0) is 0 Å². The first-order valence-electron chi connectivity index (χ1n) is 7.92. The van der Waals surface area contributed by atoms with Crippen LogP contribution in [-0.4, -0.2) is 24.5 Å². The van der Waals surface area contributed by atoms with Crippen LogP contribution < -0.4 is 11.5 Å². The number of rotatable bonds is 1. The zero-order chi connectivity index (χ0) is 18.1. The van der Waals surface area contributed by atoms with Crippen molar-refractivity contribution in [3.8, 4) is 29.0 Å². The Kier molecular flexibility index (Phi) is 3.71. The van der Waals surface area contributed by atoms with Crippen LogP contribution in [0.25, 0.3) is 17.2 Å². The molecule has 0 spiro atoms. The molecule has 2 aromatic rings. The van der Waals surface area contributed by atoms with Crippen LogP contribution in [0.5, 0.6) is 0 Å². The van der Waals surface area contributed by atoms with Gasteiger partial charge >= 0.3 is 0 Å². The van der Waals surface area contributed by atoms with E-state index in [0.29, 0.717) is 11.5 Å². The molecule has 0 saturated heterocycles. The molecule has 7 nitrogen and oxygen atoms in total. The van der Waals surface area contributed by atoms with Crippen LogP contribution in [0, 0.1) is 18.8 Å². The van der Waals surface area contributed by atoms with E-state index in [9.17, 15) is 0 Å². The Balaban J connectivity index is 1.77. The van der Waals surface area contributed by atoms with Crippen molar-refractivity contribution in [2.45, 2.75) is 6.92 Å². The highest BCUT2D eigenvalue weighted by Gasteiger charge is 2.20. The lowest BCUT2D eigenvalue weighted by molar-refractivity contribution is 0.974. The van der Waals surface area contributed by atoms with Gasteiger partial charge in [0.1, 0.15) is 12.0 Å². The maximum Gasteiger partial charge on any atom is 0.208 e. The molecule has 0 amide bonds. The van der Waals surface area contributed by atoms with Crippen LogP contribution in [0.4, 0.5) is 11.8 Å². The Morgan fingerprint density at radius 3 is 2.65 bits per heavy atom. The van der Waals surface area contributed by atoms with E-state index in [0.717, 1.165) is 22.5 Å². The molecule has 0 saturated carbocycles. The lowest BCUT2D eigenvalue weighted by Crippen LogP contribution is -2.13. The summed E-state index contributed by atoms with van der Waals surface area (Å²) in [5, 5.41) is 0. The highest BCUT2D eigenvalue weighted by molar-refractivity contribution is 5.70. The standard InChI is InChI=1S/C19H15N7/c1-12-10-13(5-7-14-4-2-3-9-22-14)6-8-15(12)26-18-16(23-11-24-18)17(20)25-19(26)21/h2-4,6,8-11H,20H2,1H3,(H2,21,25). The topological polar surface area (TPSA) is 109 Å². The molecule has 3 heterocycles. The van der Waals surface area contributed by atoms with Crippen molar-refractivity contribution >= 4 is 11.8 Å². The minimum absolute atomic E-state index is 0.255. The van der Waals surface area contributed by atoms with Crippen LogP contribution in [0.3, 0.4) is 0 Å². The number of benzene rings is 1. The van der Waals surface area contributed by atoms with Gasteiger partial charge in [-0.1, -0.05) is 12.0 Å². The first kappa shape index (κ1) is 15.6.